The van der Waals surface area contributed by atoms with Crippen LogP contribution in [0.5, 0.6) is 0 Å². The van der Waals surface area contributed by atoms with E-state index in [9.17, 15) is 18.0 Å². The number of rotatable bonds is 3. The molecule has 2 rings (SSSR count). The van der Waals surface area contributed by atoms with Gasteiger partial charge < -0.3 is 15.1 Å². The zero-order valence-corrected chi connectivity index (χ0v) is 10.5. The van der Waals surface area contributed by atoms with Crippen molar-refractivity contribution >= 4 is 11.7 Å². The molecule has 0 unspecified atom stereocenters. The Morgan fingerprint density at radius 3 is 2.70 bits per heavy atom. The van der Waals surface area contributed by atoms with Gasteiger partial charge in [-0.25, -0.2) is 4.79 Å². The fourth-order valence-corrected chi connectivity index (χ4v) is 2.31. The number of aromatic carboxylic acids is 1. The van der Waals surface area contributed by atoms with Crippen LogP contribution in [0, 0.1) is 0 Å². The zero-order chi connectivity index (χ0) is 14.9. The summed E-state index contributed by atoms with van der Waals surface area (Å²) in [7, 11) is 0. The molecular formula is C13H14F3NO3. The van der Waals surface area contributed by atoms with E-state index >= 15 is 0 Å². The minimum atomic E-state index is -4.65. The number of halogens is 3. The fourth-order valence-electron chi connectivity index (χ4n) is 2.31. The van der Waals surface area contributed by atoms with Gasteiger partial charge in [-0.15, -0.1) is 0 Å². The Kier molecular flexibility index (Phi) is 3.89. The first-order valence-corrected chi connectivity index (χ1v) is 6.15. The molecule has 4 nitrogen and oxygen atoms in total. The Morgan fingerprint density at radius 2 is 2.10 bits per heavy atom. The lowest BCUT2D eigenvalue weighted by Crippen LogP contribution is -2.43. The number of aryl methyl sites for hydroxylation is 1. The number of aliphatic hydroxyl groups is 1. The second-order valence-electron chi connectivity index (χ2n) is 4.76. The van der Waals surface area contributed by atoms with Gasteiger partial charge in [0.1, 0.15) is 0 Å². The molecule has 0 aromatic heterocycles. The first-order valence-electron chi connectivity index (χ1n) is 6.15. The molecule has 7 heteroatoms. The third-order valence-electron chi connectivity index (χ3n) is 3.31. The normalized spacial score (nSPS) is 16.7. The van der Waals surface area contributed by atoms with E-state index in [4.69, 9.17) is 10.2 Å². The number of carboxylic acid groups (broad SMARTS) is 1. The summed E-state index contributed by atoms with van der Waals surface area (Å²) < 4.78 is 37.2. The first kappa shape index (κ1) is 14.6. The molecule has 0 saturated carbocycles. The molecule has 0 bridgehead atoms. The van der Waals surface area contributed by atoms with Crippen molar-refractivity contribution in [3.63, 3.8) is 0 Å². The maximum Gasteiger partial charge on any atom is 0.416 e. The second kappa shape index (κ2) is 5.32. The van der Waals surface area contributed by atoms with Gasteiger partial charge in [0.25, 0.3) is 0 Å². The Balaban J connectivity index is 2.23. The van der Waals surface area contributed by atoms with Crippen LogP contribution in [0.2, 0.25) is 0 Å². The molecule has 1 aromatic carbocycles. The number of β-amino-alcohol motifs (C(OH)–C–C–N with tert-alkyl or cyclic N) is 1. The summed E-state index contributed by atoms with van der Waals surface area (Å²) in [6, 6.07) is 4.34. The zero-order valence-electron chi connectivity index (χ0n) is 10.5. The van der Waals surface area contributed by atoms with E-state index in [0.29, 0.717) is 30.6 Å². The molecule has 0 saturated heterocycles. The molecular weight excluding hydrogens is 275 g/mol. The maximum atomic E-state index is 12.4. The van der Waals surface area contributed by atoms with Crippen LogP contribution in [-0.2, 0) is 6.42 Å². The summed E-state index contributed by atoms with van der Waals surface area (Å²) >= 11 is 0. The highest BCUT2D eigenvalue weighted by Gasteiger charge is 2.39. The van der Waals surface area contributed by atoms with Crippen molar-refractivity contribution in [1.29, 1.82) is 0 Å². The van der Waals surface area contributed by atoms with E-state index in [-0.39, 0.29) is 5.56 Å². The van der Waals surface area contributed by atoms with Crippen molar-refractivity contribution in [3.05, 3.63) is 29.3 Å². The number of alkyl halides is 3. The minimum Gasteiger partial charge on any atom is -0.478 e. The van der Waals surface area contributed by atoms with E-state index in [1.165, 1.54) is 23.1 Å². The third kappa shape index (κ3) is 3.04. The quantitative estimate of drug-likeness (QED) is 0.894. The van der Waals surface area contributed by atoms with E-state index in [0.717, 1.165) is 0 Å². The predicted molar refractivity (Wildman–Crippen MR) is 66.0 cm³/mol. The topological polar surface area (TPSA) is 60.8 Å². The highest BCUT2D eigenvalue weighted by Crippen LogP contribution is 2.30. The van der Waals surface area contributed by atoms with Crippen molar-refractivity contribution in [2.75, 3.05) is 18.0 Å². The fraction of sp³-hybridized carbons (Fsp3) is 0.462. The van der Waals surface area contributed by atoms with Crippen LogP contribution in [0.15, 0.2) is 18.2 Å². The number of nitrogens with zero attached hydrogens (tertiary/aromatic N) is 1. The Bertz CT molecular complexity index is 516. The van der Waals surface area contributed by atoms with Crippen molar-refractivity contribution in [3.8, 4) is 0 Å². The molecule has 20 heavy (non-hydrogen) atoms. The molecule has 1 atom stereocenters. The van der Waals surface area contributed by atoms with Gasteiger partial charge in [-0.2, -0.15) is 13.2 Å². The van der Waals surface area contributed by atoms with Crippen molar-refractivity contribution < 1.29 is 28.2 Å². The van der Waals surface area contributed by atoms with E-state index in [1.807, 2.05) is 0 Å². The molecule has 0 fully saturated rings. The molecule has 1 aliphatic rings. The smallest absolute Gasteiger partial charge is 0.416 e. The number of fused-ring (bicyclic) bond motifs is 1. The Hall–Kier alpha value is -1.76. The van der Waals surface area contributed by atoms with E-state index in [2.05, 4.69) is 0 Å². The number of hydrogen-bond acceptors (Lipinski definition) is 3. The molecule has 0 spiro atoms. The number of anilines is 1. The van der Waals surface area contributed by atoms with Gasteiger partial charge in [0.15, 0.2) is 6.10 Å². The molecule has 0 aliphatic carbocycles. The van der Waals surface area contributed by atoms with Crippen molar-refractivity contribution in [2.24, 2.45) is 0 Å². The number of carboxylic acids is 1. The number of hydrogen-bond donors (Lipinski definition) is 2. The van der Waals surface area contributed by atoms with Crippen LogP contribution in [0.4, 0.5) is 18.9 Å². The third-order valence-corrected chi connectivity index (χ3v) is 3.31. The summed E-state index contributed by atoms with van der Waals surface area (Å²) in [6.45, 7) is -0.129. The van der Waals surface area contributed by atoms with Gasteiger partial charge in [0, 0.05) is 12.2 Å². The minimum absolute atomic E-state index is 0.113. The van der Waals surface area contributed by atoms with Gasteiger partial charge in [-0.1, -0.05) is 0 Å². The SMILES string of the molecule is O=C(O)c1ccc2c(c1)CCCN2C[C@H](O)C(F)(F)F. The molecule has 1 heterocycles. The lowest BCUT2D eigenvalue weighted by atomic mass is 9.99. The lowest BCUT2D eigenvalue weighted by molar-refractivity contribution is -0.200. The number of carbonyl (C=O) groups is 1. The van der Waals surface area contributed by atoms with E-state index < -0.39 is 24.8 Å². The van der Waals surface area contributed by atoms with Gasteiger partial charge in [-0.3, -0.25) is 0 Å². The van der Waals surface area contributed by atoms with Crippen LogP contribution < -0.4 is 4.90 Å². The predicted octanol–water partition coefficient (Wildman–Crippen LogP) is 2.06. The van der Waals surface area contributed by atoms with Crippen LogP contribution in [0.1, 0.15) is 22.3 Å². The average Bonchev–Trinajstić information content (AvgIpc) is 2.37. The van der Waals surface area contributed by atoms with Crippen LogP contribution in [0.3, 0.4) is 0 Å². The molecule has 110 valence electrons. The summed E-state index contributed by atoms with van der Waals surface area (Å²) in [5.74, 6) is -1.07. The molecule has 2 N–H and O–H groups in total. The highest BCUT2D eigenvalue weighted by molar-refractivity contribution is 5.88. The number of benzene rings is 1. The molecule has 1 aliphatic heterocycles. The first-order chi connectivity index (χ1) is 9.29. The van der Waals surface area contributed by atoms with Crippen molar-refractivity contribution in [1.82, 2.24) is 0 Å². The molecule has 1 aromatic rings. The second-order valence-corrected chi connectivity index (χ2v) is 4.76. The highest BCUT2D eigenvalue weighted by atomic mass is 19.4. The van der Waals surface area contributed by atoms with Crippen LogP contribution >= 0.6 is 0 Å². The van der Waals surface area contributed by atoms with Gasteiger partial charge >= 0.3 is 12.1 Å². The molecule has 0 amide bonds. The van der Waals surface area contributed by atoms with Gasteiger partial charge in [0.05, 0.1) is 12.1 Å². The summed E-state index contributed by atoms with van der Waals surface area (Å²) in [4.78, 5) is 12.3. The monoisotopic (exact) mass is 289 g/mol. The Morgan fingerprint density at radius 1 is 1.40 bits per heavy atom. The largest absolute Gasteiger partial charge is 0.478 e. The summed E-state index contributed by atoms with van der Waals surface area (Å²) in [5.41, 5.74) is 1.37. The Labute approximate surface area is 113 Å². The van der Waals surface area contributed by atoms with Crippen LogP contribution in [0.25, 0.3) is 0 Å². The van der Waals surface area contributed by atoms with Gasteiger partial charge in [0.2, 0.25) is 0 Å². The number of aliphatic hydroxyl groups excluding tert-OH is 1. The lowest BCUT2D eigenvalue weighted by Gasteiger charge is -2.33. The van der Waals surface area contributed by atoms with Crippen LogP contribution in [-0.4, -0.2) is 41.6 Å². The average molecular weight is 289 g/mol. The molecule has 0 radical (unpaired) electrons. The van der Waals surface area contributed by atoms with E-state index in [1.54, 1.807) is 0 Å². The summed E-state index contributed by atoms with van der Waals surface area (Å²) in [6.07, 6.45) is -5.82. The standard InChI is InChI=1S/C13H14F3NO3/c14-13(15,16)11(18)7-17-5-1-2-8-6-9(12(19)20)3-4-10(8)17/h3-4,6,11,18H,1-2,5,7H2,(H,19,20)/t11-/m0/s1. The van der Waals surface area contributed by atoms with Crippen molar-refractivity contribution in [2.45, 2.75) is 25.1 Å². The van der Waals surface area contributed by atoms with Gasteiger partial charge in [-0.05, 0) is 36.6 Å². The maximum absolute atomic E-state index is 12.4. The summed E-state index contributed by atoms with van der Waals surface area (Å²) in [5, 5.41) is 18.0.